The average molecular weight is 238 g/mol. The molecule has 1 fully saturated rings. The van der Waals surface area contributed by atoms with Crippen molar-refractivity contribution in [2.24, 2.45) is 5.84 Å². The molecule has 0 aliphatic carbocycles. The number of rotatable bonds is 4. The van der Waals surface area contributed by atoms with Crippen LogP contribution in [-0.2, 0) is 0 Å². The van der Waals surface area contributed by atoms with Crippen LogP contribution in [0.5, 0.6) is 0 Å². The first-order valence-electron chi connectivity index (χ1n) is 5.67. The van der Waals surface area contributed by atoms with E-state index in [1.807, 2.05) is 18.2 Å². The molecule has 5 heteroatoms. The topological polar surface area (TPSA) is 63.0 Å². The summed E-state index contributed by atoms with van der Waals surface area (Å²) in [5.41, 5.74) is 2.55. The normalized spacial score (nSPS) is 20.4. The van der Waals surface area contributed by atoms with Gasteiger partial charge in [0.1, 0.15) is 11.6 Å². The smallest absolute Gasteiger partial charge is 0.142 e. The second-order valence-corrected chi connectivity index (χ2v) is 5.33. The highest BCUT2D eigenvalue weighted by molar-refractivity contribution is 7.99. The minimum Gasteiger partial charge on any atom is -0.369 e. The Hall–Kier alpha value is -0.940. The van der Waals surface area contributed by atoms with Gasteiger partial charge in [-0.15, -0.1) is 0 Å². The molecule has 4 N–H and O–H groups in total. The van der Waals surface area contributed by atoms with Crippen molar-refractivity contribution in [2.75, 3.05) is 23.0 Å². The number of nitrogen functional groups attached to an aromatic ring is 1. The molecule has 1 aromatic rings. The average Bonchev–Trinajstić information content (AvgIpc) is 2.38. The van der Waals surface area contributed by atoms with E-state index in [1.54, 1.807) is 0 Å². The van der Waals surface area contributed by atoms with Crippen molar-refractivity contribution in [3.05, 3.63) is 18.2 Å². The summed E-state index contributed by atoms with van der Waals surface area (Å²) in [5, 5.41) is 4.09. The van der Waals surface area contributed by atoms with Gasteiger partial charge in [0, 0.05) is 11.8 Å². The number of anilines is 2. The van der Waals surface area contributed by atoms with Crippen molar-refractivity contribution in [2.45, 2.75) is 24.5 Å². The molecular weight excluding hydrogens is 220 g/mol. The lowest BCUT2D eigenvalue weighted by atomic mass is 10.2. The number of hydrogen-bond acceptors (Lipinski definition) is 5. The first kappa shape index (κ1) is 11.5. The fraction of sp³-hybridized carbons (Fsp3) is 0.545. The second kappa shape index (κ2) is 5.96. The molecule has 0 aromatic carbocycles. The number of pyridine rings is 1. The summed E-state index contributed by atoms with van der Waals surface area (Å²) in [6.07, 6.45) is 4.04. The number of aromatic nitrogens is 1. The molecule has 16 heavy (non-hydrogen) atoms. The van der Waals surface area contributed by atoms with E-state index in [9.17, 15) is 0 Å². The molecule has 4 nitrogen and oxygen atoms in total. The van der Waals surface area contributed by atoms with Gasteiger partial charge in [-0.25, -0.2) is 10.8 Å². The molecule has 1 unspecified atom stereocenters. The molecule has 0 spiro atoms. The molecule has 0 saturated carbocycles. The molecular formula is C11H18N4S. The Kier molecular flexibility index (Phi) is 4.30. The van der Waals surface area contributed by atoms with Crippen molar-refractivity contribution >= 4 is 23.4 Å². The van der Waals surface area contributed by atoms with Gasteiger partial charge in [-0.05, 0) is 30.7 Å². The Balaban J connectivity index is 1.83. The number of hydrazine groups is 1. The number of nitrogens with two attached hydrogens (primary N) is 1. The van der Waals surface area contributed by atoms with Gasteiger partial charge in [-0.1, -0.05) is 12.5 Å². The third-order valence-corrected chi connectivity index (χ3v) is 4.08. The fourth-order valence-electron chi connectivity index (χ4n) is 1.80. The van der Waals surface area contributed by atoms with E-state index in [-0.39, 0.29) is 0 Å². The zero-order chi connectivity index (χ0) is 11.2. The number of thioether (sulfide) groups is 1. The van der Waals surface area contributed by atoms with Crippen molar-refractivity contribution in [1.82, 2.24) is 4.98 Å². The van der Waals surface area contributed by atoms with Crippen LogP contribution in [0.25, 0.3) is 0 Å². The van der Waals surface area contributed by atoms with E-state index >= 15 is 0 Å². The van der Waals surface area contributed by atoms with E-state index in [0.717, 1.165) is 17.6 Å². The third-order valence-electron chi connectivity index (χ3n) is 2.68. The van der Waals surface area contributed by atoms with Crippen LogP contribution in [0.3, 0.4) is 0 Å². The monoisotopic (exact) mass is 238 g/mol. The van der Waals surface area contributed by atoms with Crippen LogP contribution < -0.4 is 16.6 Å². The first-order chi connectivity index (χ1) is 7.88. The van der Waals surface area contributed by atoms with Gasteiger partial charge in [0.05, 0.1) is 0 Å². The maximum absolute atomic E-state index is 5.31. The molecule has 1 aromatic heterocycles. The van der Waals surface area contributed by atoms with Gasteiger partial charge >= 0.3 is 0 Å². The Morgan fingerprint density at radius 2 is 2.25 bits per heavy atom. The van der Waals surface area contributed by atoms with Gasteiger partial charge in [-0.3, -0.25) is 0 Å². The van der Waals surface area contributed by atoms with Crippen LogP contribution >= 0.6 is 11.8 Å². The molecule has 2 rings (SSSR count). The minimum absolute atomic E-state index is 0.696. The van der Waals surface area contributed by atoms with Crippen LogP contribution in [0.15, 0.2) is 18.2 Å². The quantitative estimate of drug-likeness (QED) is 0.553. The maximum Gasteiger partial charge on any atom is 0.142 e. The Bertz CT molecular complexity index is 326. The SMILES string of the molecule is NNc1cccc(NCC2CCCCS2)n1. The summed E-state index contributed by atoms with van der Waals surface area (Å²) in [7, 11) is 0. The zero-order valence-corrected chi connectivity index (χ0v) is 10.1. The van der Waals surface area contributed by atoms with E-state index < -0.39 is 0 Å². The summed E-state index contributed by atoms with van der Waals surface area (Å²) in [4.78, 5) is 4.32. The third kappa shape index (κ3) is 3.28. The van der Waals surface area contributed by atoms with E-state index in [2.05, 4.69) is 27.5 Å². The van der Waals surface area contributed by atoms with Crippen LogP contribution in [0, 0.1) is 0 Å². The molecule has 2 heterocycles. The minimum atomic E-state index is 0.696. The molecule has 1 aliphatic heterocycles. The van der Waals surface area contributed by atoms with Crippen molar-refractivity contribution in [3.8, 4) is 0 Å². The summed E-state index contributed by atoms with van der Waals surface area (Å²) < 4.78 is 0. The lowest BCUT2D eigenvalue weighted by molar-refractivity contribution is 0.677. The lowest BCUT2D eigenvalue weighted by Crippen LogP contribution is -2.20. The second-order valence-electron chi connectivity index (χ2n) is 3.92. The molecule has 88 valence electrons. The predicted molar refractivity (Wildman–Crippen MR) is 70.6 cm³/mol. The summed E-state index contributed by atoms with van der Waals surface area (Å²) in [5.74, 6) is 8.20. The molecule has 1 aliphatic rings. The van der Waals surface area contributed by atoms with Gasteiger partial charge in [0.2, 0.25) is 0 Å². The Morgan fingerprint density at radius 1 is 1.38 bits per heavy atom. The number of hydrogen-bond donors (Lipinski definition) is 3. The maximum atomic E-state index is 5.31. The summed E-state index contributed by atoms with van der Waals surface area (Å²) in [6.45, 7) is 0.992. The van der Waals surface area contributed by atoms with Crippen LogP contribution in [-0.4, -0.2) is 22.5 Å². The van der Waals surface area contributed by atoms with Crippen LogP contribution in [0.4, 0.5) is 11.6 Å². The largest absolute Gasteiger partial charge is 0.369 e. The van der Waals surface area contributed by atoms with Gasteiger partial charge in [0.25, 0.3) is 0 Å². The Labute approximate surface area is 100 Å². The number of nitrogens with one attached hydrogen (secondary N) is 2. The van der Waals surface area contributed by atoms with Gasteiger partial charge in [-0.2, -0.15) is 11.8 Å². The molecule has 0 bridgehead atoms. The zero-order valence-electron chi connectivity index (χ0n) is 9.28. The van der Waals surface area contributed by atoms with E-state index in [0.29, 0.717) is 5.82 Å². The molecule has 0 radical (unpaired) electrons. The van der Waals surface area contributed by atoms with Crippen LogP contribution in [0.1, 0.15) is 19.3 Å². The van der Waals surface area contributed by atoms with Crippen molar-refractivity contribution in [1.29, 1.82) is 0 Å². The fourth-order valence-corrected chi connectivity index (χ4v) is 3.04. The van der Waals surface area contributed by atoms with Crippen molar-refractivity contribution < 1.29 is 0 Å². The van der Waals surface area contributed by atoms with E-state index in [1.165, 1.54) is 25.0 Å². The Morgan fingerprint density at radius 3 is 3.00 bits per heavy atom. The highest BCUT2D eigenvalue weighted by atomic mass is 32.2. The van der Waals surface area contributed by atoms with Crippen molar-refractivity contribution in [3.63, 3.8) is 0 Å². The molecule has 1 saturated heterocycles. The lowest BCUT2D eigenvalue weighted by Gasteiger charge is -2.21. The van der Waals surface area contributed by atoms with Gasteiger partial charge in [0.15, 0.2) is 0 Å². The highest BCUT2D eigenvalue weighted by Gasteiger charge is 2.13. The summed E-state index contributed by atoms with van der Waals surface area (Å²) >= 11 is 2.06. The van der Waals surface area contributed by atoms with Gasteiger partial charge < -0.3 is 10.7 Å². The molecule has 1 atom stereocenters. The summed E-state index contributed by atoms with van der Waals surface area (Å²) in [6, 6.07) is 5.76. The van der Waals surface area contributed by atoms with E-state index in [4.69, 9.17) is 5.84 Å². The van der Waals surface area contributed by atoms with Crippen LogP contribution in [0.2, 0.25) is 0 Å². The predicted octanol–water partition coefficient (Wildman–Crippen LogP) is 2.06. The number of nitrogens with zero attached hydrogens (tertiary/aromatic N) is 1. The highest BCUT2D eigenvalue weighted by Crippen LogP contribution is 2.25. The first-order valence-corrected chi connectivity index (χ1v) is 6.72. The molecule has 0 amide bonds. The standard InChI is InChI=1S/C11H18N4S/c12-15-11-6-3-5-10(14-11)13-8-9-4-1-2-7-16-9/h3,5-6,9H,1-2,4,7-8,12H2,(H2,13,14,15).